The number of aryl methyl sites for hydroxylation is 1. The molecule has 2 nitrogen and oxygen atoms in total. The summed E-state index contributed by atoms with van der Waals surface area (Å²) in [6.45, 7) is 1.95. The van der Waals surface area contributed by atoms with E-state index in [2.05, 4.69) is 28.4 Å². The molecule has 1 heterocycles. The van der Waals surface area contributed by atoms with Crippen molar-refractivity contribution < 1.29 is 0 Å². The summed E-state index contributed by atoms with van der Waals surface area (Å²) >= 11 is 1.72. The lowest BCUT2D eigenvalue weighted by molar-refractivity contribution is 1.18. The lowest BCUT2D eigenvalue weighted by Gasteiger charge is -1.99. The van der Waals surface area contributed by atoms with Crippen LogP contribution in [0.2, 0.25) is 0 Å². The Morgan fingerprint density at radius 3 is 2.85 bits per heavy atom. The smallest absolute Gasteiger partial charge is 0.0898 e. The second-order valence-corrected chi connectivity index (χ2v) is 3.75. The molecule has 0 radical (unpaired) electrons. The molecule has 0 aliphatic rings. The fourth-order valence-electron chi connectivity index (χ4n) is 1.21. The largest absolute Gasteiger partial charge is 0.253 e. The van der Waals surface area contributed by atoms with Gasteiger partial charge in [0.15, 0.2) is 0 Å². The van der Waals surface area contributed by atoms with Gasteiger partial charge in [0, 0.05) is 11.1 Å². The molecule has 0 bridgehead atoms. The molecule has 0 unspecified atom stereocenters. The number of rotatable bonds is 1. The summed E-state index contributed by atoms with van der Waals surface area (Å²) in [7, 11) is 0. The van der Waals surface area contributed by atoms with Crippen molar-refractivity contribution in [3.8, 4) is 0 Å². The highest BCUT2D eigenvalue weighted by atomic mass is 32.2. The maximum absolute atomic E-state index is 4.38. The summed E-state index contributed by atoms with van der Waals surface area (Å²) in [6.07, 6.45) is 3.86. The second-order valence-electron chi connectivity index (χ2n) is 2.87. The van der Waals surface area contributed by atoms with Crippen LogP contribution in [0.25, 0.3) is 11.0 Å². The standard InChI is InChI=1S/C10H10N2S/c1-7-6-11-10-5-8(13-2)3-4-9(10)12-7/h3-6H,1-2H3. The number of nitrogens with zero attached hydrogens (tertiary/aromatic N) is 2. The van der Waals surface area contributed by atoms with E-state index in [0.717, 1.165) is 16.7 Å². The number of thioether (sulfide) groups is 1. The van der Waals surface area contributed by atoms with Gasteiger partial charge in [0.2, 0.25) is 0 Å². The average molecular weight is 190 g/mol. The van der Waals surface area contributed by atoms with Crippen molar-refractivity contribution in [1.82, 2.24) is 9.97 Å². The molecule has 0 saturated heterocycles. The Morgan fingerprint density at radius 1 is 1.23 bits per heavy atom. The average Bonchev–Trinajstić information content (AvgIpc) is 2.17. The first-order chi connectivity index (χ1) is 6.29. The minimum absolute atomic E-state index is 0.962. The monoisotopic (exact) mass is 190 g/mol. The predicted molar refractivity (Wildman–Crippen MR) is 56.1 cm³/mol. The van der Waals surface area contributed by atoms with Gasteiger partial charge in [-0.2, -0.15) is 0 Å². The maximum atomic E-state index is 4.38. The number of hydrogen-bond acceptors (Lipinski definition) is 3. The van der Waals surface area contributed by atoms with E-state index in [0.29, 0.717) is 0 Å². The van der Waals surface area contributed by atoms with E-state index in [-0.39, 0.29) is 0 Å². The van der Waals surface area contributed by atoms with Gasteiger partial charge in [-0.05, 0) is 31.4 Å². The molecule has 2 rings (SSSR count). The summed E-state index contributed by atoms with van der Waals surface area (Å²) < 4.78 is 0. The predicted octanol–water partition coefficient (Wildman–Crippen LogP) is 2.66. The van der Waals surface area contributed by atoms with Crippen molar-refractivity contribution in [2.75, 3.05) is 6.26 Å². The van der Waals surface area contributed by atoms with E-state index < -0.39 is 0 Å². The number of hydrogen-bond donors (Lipinski definition) is 0. The summed E-state index contributed by atoms with van der Waals surface area (Å²) in [5, 5.41) is 0. The summed E-state index contributed by atoms with van der Waals surface area (Å²) in [4.78, 5) is 9.92. The minimum Gasteiger partial charge on any atom is -0.253 e. The van der Waals surface area contributed by atoms with E-state index in [1.165, 1.54) is 4.90 Å². The van der Waals surface area contributed by atoms with Crippen molar-refractivity contribution in [1.29, 1.82) is 0 Å². The summed E-state index contributed by atoms with van der Waals surface area (Å²) in [6, 6.07) is 6.15. The Bertz CT molecular complexity index is 440. The van der Waals surface area contributed by atoms with Crippen LogP contribution < -0.4 is 0 Å². The van der Waals surface area contributed by atoms with Crippen LogP contribution in [0.3, 0.4) is 0 Å². The number of benzene rings is 1. The van der Waals surface area contributed by atoms with Crippen LogP contribution >= 0.6 is 11.8 Å². The van der Waals surface area contributed by atoms with Crippen molar-refractivity contribution >= 4 is 22.8 Å². The Balaban J connectivity index is 2.66. The molecule has 0 aliphatic heterocycles. The molecule has 0 saturated carbocycles. The highest BCUT2D eigenvalue weighted by molar-refractivity contribution is 7.98. The molecule has 0 aliphatic carbocycles. The molecule has 0 fully saturated rings. The molecule has 66 valence electrons. The van der Waals surface area contributed by atoms with Gasteiger partial charge in [-0.3, -0.25) is 4.98 Å². The third-order valence-corrected chi connectivity index (χ3v) is 2.60. The zero-order chi connectivity index (χ0) is 9.26. The van der Waals surface area contributed by atoms with Gasteiger partial charge in [0.25, 0.3) is 0 Å². The first-order valence-corrected chi connectivity index (χ1v) is 5.29. The van der Waals surface area contributed by atoms with Gasteiger partial charge < -0.3 is 0 Å². The van der Waals surface area contributed by atoms with E-state index >= 15 is 0 Å². The Morgan fingerprint density at radius 2 is 2.08 bits per heavy atom. The van der Waals surface area contributed by atoms with Crippen molar-refractivity contribution in [3.05, 3.63) is 30.1 Å². The zero-order valence-corrected chi connectivity index (χ0v) is 8.43. The van der Waals surface area contributed by atoms with Crippen molar-refractivity contribution in [2.45, 2.75) is 11.8 Å². The topological polar surface area (TPSA) is 25.8 Å². The molecule has 0 spiro atoms. The van der Waals surface area contributed by atoms with Crippen LogP contribution in [0.5, 0.6) is 0 Å². The van der Waals surface area contributed by atoms with Gasteiger partial charge in [0.1, 0.15) is 0 Å². The molecular formula is C10H10N2S. The number of fused-ring (bicyclic) bond motifs is 1. The fraction of sp³-hybridized carbons (Fsp3) is 0.200. The van der Waals surface area contributed by atoms with Crippen LogP contribution in [-0.2, 0) is 0 Å². The van der Waals surface area contributed by atoms with Gasteiger partial charge in [0.05, 0.1) is 16.7 Å². The lowest BCUT2D eigenvalue weighted by Crippen LogP contribution is -1.86. The van der Waals surface area contributed by atoms with Gasteiger partial charge in [-0.1, -0.05) is 0 Å². The van der Waals surface area contributed by atoms with E-state index in [4.69, 9.17) is 0 Å². The third-order valence-electron chi connectivity index (χ3n) is 1.87. The highest BCUT2D eigenvalue weighted by Gasteiger charge is 1.97. The molecule has 0 atom stereocenters. The summed E-state index contributed by atoms with van der Waals surface area (Å²) in [5.74, 6) is 0. The first kappa shape index (κ1) is 8.51. The quantitative estimate of drug-likeness (QED) is 0.646. The SMILES string of the molecule is CSc1ccc2nc(C)cnc2c1. The van der Waals surface area contributed by atoms with E-state index in [1.54, 1.807) is 18.0 Å². The van der Waals surface area contributed by atoms with Gasteiger partial charge in [-0.15, -0.1) is 11.8 Å². The Labute approximate surface area is 81.4 Å². The van der Waals surface area contributed by atoms with E-state index in [9.17, 15) is 0 Å². The molecular weight excluding hydrogens is 180 g/mol. The van der Waals surface area contributed by atoms with Crippen LogP contribution in [0.1, 0.15) is 5.69 Å². The Kier molecular flexibility index (Phi) is 2.19. The Hall–Kier alpha value is -1.09. The van der Waals surface area contributed by atoms with Gasteiger partial charge >= 0.3 is 0 Å². The molecule has 13 heavy (non-hydrogen) atoms. The molecule has 2 aromatic rings. The molecule has 1 aromatic carbocycles. The maximum Gasteiger partial charge on any atom is 0.0898 e. The lowest BCUT2D eigenvalue weighted by atomic mass is 10.3. The van der Waals surface area contributed by atoms with Crippen molar-refractivity contribution in [2.24, 2.45) is 0 Å². The summed E-state index contributed by atoms with van der Waals surface area (Å²) in [5.41, 5.74) is 2.90. The van der Waals surface area contributed by atoms with Crippen LogP contribution in [-0.4, -0.2) is 16.2 Å². The zero-order valence-electron chi connectivity index (χ0n) is 7.61. The fourth-order valence-corrected chi connectivity index (χ4v) is 1.64. The van der Waals surface area contributed by atoms with Crippen molar-refractivity contribution in [3.63, 3.8) is 0 Å². The molecule has 0 amide bonds. The molecule has 1 aromatic heterocycles. The normalized spacial score (nSPS) is 10.6. The minimum atomic E-state index is 0.962. The van der Waals surface area contributed by atoms with Crippen LogP contribution in [0.15, 0.2) is 29.3 Å². The van der Waals surface area contributed by atoms with Gasteiger partial charge in [-0.25, -0.2) is 4.98 Å². The van der Waals surface area contributed by atoms with E-state index in [1.807, 2.05) is 13.0 Å². The van der Waals surface area contributed by atoms with Crippen LogP contribution in [0, 0.1) is 6.92 Å². The third kappa shape index (κ3) is 1.65. The molecule has 3 heteroatoms. The number of aromatic nitrogens is 2. The van der Waals surface area contributed by atoms with Crippen LogP contribution in [0.4, 0.5) is 0 Å². The first-order valence-electron chi connectivity index (χ1n) is 4.07. The second kappa shape index (κ2) is 3.34. The highest BCUT2D eigenvalue weighted by Crippen LogP contribution is 2.19. The molecule has 0 N–H and O–H groups in total.